The van der Waals surface area contributed by atoms with Gasteiger partial charge < -0.3 is 0 Å². The van der Waals surface area contributed by atoms with Crippen LogP contribution in [0.4, 0.5) is 0 Å². The van der Waals surface area contributed by atoms with Crippen LogP contribution in [0.3, 0.4) is 0 Å². The quantitative estimate of drug-likeness (QED) is 0.603. The first-order valence-corrected chi connectivity index (χ1v) is 6.39. The molecule has 0 N–H and O–H groups in total. The van der Waals surface area contributed by atoms with E-state index in [1.165, 1.54) is 35.1 Å². The first kappa shape index (κ1) is 9.92. The summed E-state index contributed by atoms with van der Waals surface area (Å²) >= 11 is 15.2. The number of hydrogen-bond acceptors (Lipinski definition) is 5. The fourth-order valence-electron chi connectivity index (χ4n) is 0.410. The van der Waals surface area contributed by atoms with Crippen LogP contribution in [-0.4, -0.2) is 19.8 Å². The van der Waals surface area contributed by atoms with E-state index in [9.17, 15) is 0 Å². The van der Waals surface area contributed by atoms with Crippen molar-refractivity contribution in [1.82, 2.24) is 9.36 Å². The fourth-order valence-corrected chi connectivity index (χ4v) is 2.97. The first-order valence-electron chi connectivity index (χ1n) is 2.58. The third kappa shape index (κ3) is 3.38. The van der Waals surface area contributed by atoms with Crippen LogP contribution >= 0.6 is 58.3 Å². The molecule has 1 rings (SSSR count). The maximum absolute atomic E-state index is 5.49. The smallest absolute Gasteiger partial charge is 0.202 e. The molecule has 0 aliphatic rings. The molecule has 1 heterocycles. The lowest BCUT2D eigenvalue weighted by molar-refractivity contribution is 1.02. The Morgan fingerprint density at radius 1 is 1.27 bits per heavy atom. The van der Waals surface area contributed by atoms with Gasteiger partial charge in [-0.05, 0) is 11.5 Å². The Labute approximate surface area is 87.2 Å². The zero-order valence-corrected chi connectivity index (χ0v) is 9.25. The zero-order valence-electron chi connectivity index (χ0n) is 5.29. The Morgan fingerprint density at radius 3 is 2.64 bits per heavy atom. The molecule has 0 aromatic carbocycles. The summed E-state index contributed by atoms with van der Waals surface area (Å²) in [6, 6.07) is 0. The molecule has 0 saturated carbocycles. The number of aromatic nitrogens is 2. The summed E-state index contributed by atoms with van der Waals surface area (Å²) in [7, 11) is 0. The summed E-state index contributed by atoms with van der Waals surface area (Å²) in [6.07, 6.45) is 0. The highest BCUT2D eigenvalue weighted by atomic mass is 35.5. The van der Waals surface area contributed by atoms with Gasteiger partial charge in [-0.1, -0.05) is 23.5 Å². The Kier molecular flexibility index (Phi) is 4.94. The Balaban J connectivity index is 2.51. The van der Waals surface area contributed by atoms with E-state index in [1.54, 1.807) is 0 Å². The molecule has 2 nitrogen and oxygen atoms in total. The normalized spacial score (nSPS) is 10.4. The van der Waals surface area contributed by atoms with Crippen LogP contribution in [0.5, 0.6) is 0 Å². The lowest BCUT2D eigenvalue weighted by Gasteiger charge is -1.85. The predicted molar refractivity (Wildman–Crippen MR) is 53.1 cm³/mol. The maximum Gasteiger partial charge on any atom is 0.202 e. The molecule has 0 bridgehead atoms. The van der Waals surface area contributed by atoms with Gasteiger partial charge in [0.05, 0.1) is 10.4 Å². The molecule has 0 aliphatic carbocycles. The van der Waals surface area contributed by atoms with Crippen molar-refractivity contribution in [1.29, 1.82) is 0 Å². The molecule has 11 heavy (non-hydrogen) atoms. The Morgan fingerprint density at radius 2 is 2.00 bits per heavy atom. The molecule has 0 atom stereocenters. The van der Waals surface area contributed by atoms with Crippen LogP contribution in [0, 0.1) is 0 Å². The van der Waals surface area contributed by atoms with Crippen molar-refractivity contribution in [2.45, 2.75) is 9.50 Å². The zero-order chi connectivity index (χ0) is 8.10. The molecule has 0 aliphatic heterocycles. The van der Waals surface area contributed by atoms with Crippen molar-refractivity contribution in [2.75, 3.05) is 10.4 Å². The lowest BCUT2D eigenvalue weighted by atomic mass is 11.3. The van der Waals surface area contributed by atoms with Crippen molar-refractivity contribution in [3.05, 3.63) is 0 Å². The minimum atomic E-state index is 0.488. The number of alkyl halides is 2. The third-order valence-electron chi connectivity index (χ3n) is 0.750. The second-order valence-electron chi connectivity index (χ2n) is 1.35. The summed E-state index contributed by atoms with van der Waals surface area (Å²) < 4.78 is 4.95. The number of nitrogens with zero attached hydrogens (tertiary/aromatic N) is 2. The Hall–Kier alpha value is 0.840. The fraction of sp³-hybridized carbons (Fsp3) is 0.500. The summed E-state index contributed by atoms with van der Waals surface area (Å²) in [4.78, 5) is 4.15. The molecule has 0 radical (unpaired) electrons. The van der Waals surface area contributed by atoms with Gasteiger partial charge in [-0.25, -0.2) is 4.98 Å². The van der Waals surface area contributed by atoms with E-state index in [0.717, 1.165) is 9.50 Å². The van der Waals surface area contributed by atoms with Gasteiger partial charge in [-0.3, -0.25) is 0 Å². The van der Waals surface area contributed by atoms with Crippen LogP contribution in [0.25, 0.3) is 0 Å². The van der Waals surface area contributed by atoms with Crippen molar-refractivity contribution in [2.24, 2.45) is 0 Å². The molecule has 0 saturated heterocycles. The van der Waals surface area contributed by atoms with Gasteiger partial charge in [-0.15, -0.1) is 23.2 Å². The second kappa shape index (κ2) is 5.48. The summed E-state index contributed by atoms with van der Waals surface area (Å²) in [5, 5.41) is 1.74. The van der Waals surface area contributed by atoms with Gasteiger partial charge in [0.1, 0.15) is 0 Å². The average Bonchev–Trinajstić information content (AvgIpc) is 2.38. The second-order valence-corrected chi connectivity index (χ2v) is 5.43. The van der Waals surface area contributed by atoms with Gasteiger partial charge in [-0.2, -0.15) is 4.37 Å². The molecule has 62 valence electrons. The average molecular weight is 247 g/mol. The summed E-state index contributed by atoms with van der Waals surface area (Å²) in [5.41, 5.74) is 0. The summed E-state index contributed by atoms with van der Waals surface area (Å²) in [5.74, 6) is 0. The van der Waals surface area contributed by atoms with E-state index in [-0.39, 0.29) is 0 Å². The predicted octanol–water partition coefficient (Wildman–Crippen LogP) is 3.11. The monoisotopic (exact) mass is 246 g/mol. The highest BCUT2D eigenvalue weighted by Gasteiger charge is 2.02. The van der Waals surface area contributed by atoms with Crippen molar-refractivity contribution in [3.63, 3.8) is 0 Å². The molecule has 1 aromatic rings. The minimum absolute atomic E-state index is 0.488. The molecule has 0 unspecified atom stereocenters. The SMILES string of the molecule is ClCSc1nsc(SCCl)n1. The number of rotatable bonds is 4. The molecule has 0 fully saturated rings. The number of hydrogen-bond donors (Lipinski definition) is 0. The van der Waals surface area contributed by atoms with Crippen molar-refractivity contribution in [3.8, 4) is 0 Å². The van der Waals surface area contributed by atoms with E-state index in [0.29, 0.717) is 10.4 Å². The largest absolute Gasteiger partial charge is 0.203 e. The molecule has 0 amide bonds. The van der Waals surface area contributed by atoms with E-state index >= 15 is 0 Å². The Bertz CT molecular complexity index is 196. The third-order valence-corrected chi connectivity index (χ3v) is 3.61. The van der Waals surface area contributed by atoms with Crippen molar-refractivity contribution >= 4 is 58.3 Å². The molecule has 0 spiro atoms. The lowest BCUT2D eigenvalue weighted by Crippen LogP contribution is -1.73. The van der Waals surface area contributed by atoms with Gasteiger partial charge in [0.25, 0.3) is 0 Å². The van der Waals surface area contributed by atoms with E-state index in [2.05, 4.69) is 9.36 Å². The summed E-state index contributed by atoms with van der Waals surface area (Å²) in [6.45, 7) is 0. The molecular formula is C4H4Cl2N2S3. The van der Waals surface area contributed by atoms with Crippen molar-refractivity contribution < 1.29 is 0 Å². The standard InChI is InChI=1S/C4H4Cl2N2S3/c5-1-9-3-7-4(10-2-6)11-8-3/h1-2H2. The van der Waals surface area contributed by atoms with Gasteiger partial charge in [0, 0.05) is 0 Å². The maximum atomic E-state index is 5.49. The highest BCUT2D eigenvalue weighted by molar-refractivity contribution is 8.02. The van der Waals surface area contributed by atoms with E-state index in [1.807, 2.05) is 0 Å². The first-order chi connectivity index (χ1) is 5.36. The van der Waals surface area contributed by atoms with Crippen LogP contribution in [0.2, 0.25) is 0 Å². The van der Waals surface area contributed by atoms with Gasteiger partial charge in [0.2, 0.25) is 5.16 Å². The van der Waals surface area contributed by atoms with Crippen LogP contribution in [0.15, 0.2) is 9.50 Å². The molecule has 1 aromatic heterocycles. The van der Waals surface area contributed by atoms with Crippen LogP contribution in [0.1, 0.15) is 0 Å². The number of thioether (sulfide) groups is 2. The highest BCUT2D eigenvalue weighted by Crippen LogP contribution is 2.25. The van der Waals surface area contributed by atoms with Crippen LogP contribution in [-0.2, 0) is 0 Å². The van der Waals surface area contributed by atoms with E-state index in [4.69, 9.17) is 23.2 Å². The van der Waals surface area contributed by atoms with Gasteiger partial charge >= 0.3 is 0 Å². The minimum Gasteiger partial charge on any atom is -0.203 e. The van der Waals surface area contributed by atoms with Crippen LogP contribution < -0.4 is 0 Å². The van der Waals surface area contributed by atoms with E-state index < -0.39 is 0 Å². The number of halogens is 2. The topological polar surface area (TPSA) is 25.8 Å². The molecule has 7 heteroatoms. The molecular weight excluding hydrogens is 243 g/mol. The van der Waals surface area contributed by atoms with Gasteiger partial charge in [0.15, 0.2) is 4.34 Å².